The quantitative estimate of drug-likeness (QED) is 0.110. The molecule has 0 saturated heterocycles. The second-order valence-corrected chi connectivity index (χ2v) is 11.1. The highest BCUT2D eigenvalue weighted by molar-refractivity contribution is 8.00. The van der Waals surface area contributed by atoms with Gasteiger partial charge in [0.05, 0.1) is 5.25 Å². The highest BCUT2D eigenvalue weighted by Gasteiger charge is 2.17. The zero-order chi connectivity index (χ0) is 30.1. The number of ketones is 1. The Morgan fingerprint density at radius 1 is 0.738 bits per heavy atom. The average Bonchev–Trinajstić information content (AvgIpc) is 2.97. The van der Waals surface area contributed by atoms with Crippen LogP contribution in [-0.2, 0) is 9.59 Å². The number of amides is 3. The van der Waals surface area contributed by atoms with E-state index in [2.05, 4.69) is 16.0 Å². The summed E-state index contributed by atoms with van der Waals surface area (Å²) in [7, 11) is 0. The fraction of sp³-hybridized carbons (Fsp3) is 0.118. The Kier molecular flexibility index (Phi) is 10.1. The first-order valence-corrected chi connectivity index (χ1v) is 14.2. The van der Waals surface area contributed by atoms with Crippen LogP contribution >= 0.6 is 11.8 Å². The van der Waals surface area contributed by atoms with Gasteiger partial charge in [0, 0.05) is 27.4 Å². The molecule has 0 bridgehead atoms. The molecule has 42 heavy (non-hydrogen) atoms. The molecule has 7 nitrogen and oxygen atoms in total. The van der Waals surface area contributed by atoms with Crippen molar-refractivity contribution in [2.24, 2.45) is 0 Å². The predicted molar refractivity (Wildman–Crippen MR) is 169 cm³/mol. The van der Waals surface area contributed by atoms with Crippen molar-refractivity contribution in [3.63, 3.8) is 0 Å². The summed E-state index contributed by atoms with van der Waals surface area (Å²) >= 11 is 1.34. The monoisotopic (exact) mass is 577 g/mol. The number of carbonyl (C=O) groups excluding carboxylic acids is 4. The standard InChI is InChI=1S/C34H31N3O4S/c1-22-9-7-10-25(19-22)20-31(37-33(40)27-11-5-4-6-12-27)34(41)36-29-13-8-14-30(21-29)42-24(3)32(39)35-28-17-15-26(16-18-28)23(2)38/h4-21,24H,1-3H3,(H,35,39)(H,36,41)(H,37,40)/b31-20+. The number of hydrogen-bond acceptors (Lipinski definition) is 5. The maximum atomic E-state index is 13.4. The van der Waals surface area contributed by atoms with E-state index in [1.165, 1.54) is 18.7 Å². The van der Waals surface area contributed by atoms with Crippen LogP contribution in [0.25, 0.3) is 6.08 Å². The number of anilines is 2. The number of benzene rings is 4. The largest absolute Gasteiger partial charge is 0.325 e. The zero-order valence-corrected chi connectivity index (χ0v) is 24.3. The van der Waals surface area contributed by atoms with Crippen LogP contribution < -0.4 is 16.0 Å². The molecular formula is C34H31N3O4S. The minimum atomic E-state index is -0.484. The maximum Gasteiger partial charge on any atom is 0.272 e. The first-order chi connectivity index (χ1) is 20.2. The summed E-state index contributed by atoms with van der Waals surface area (Å²) in [6.45, 7) is 5.23. The summed E-state index contributed by atoms with van der Waals surface area (Å²) in [5.74, 6) is -1.12. The van der Waals surface area contributed by atoms with E-state index in [4.69, 9.17) is 0 Å². The summed E-state index contributed by atoms with van der Waals surface area (Å²) < 4.78 is 0. The zero-order valence-electron chi connectivity index (χ0n) is 23.5. The van der Waals surface area contributed by atoms with E-state index < -0.39 is 17.1 Å². The van der Waals surface area contributed by atoms with Gasteiger partial charge in [0.1, 0.15) is 5.70 Å². The molecule has 4 rings (SSSR count). The lowest BCUT2D eigenvalue weighted by Crippen LogP contribution is -2.30. The van der Waals surface area contributed by atoms with Crippen molar-refractivity contribution in [1.82, 2.24) is 5.32 Å². The first-order valence-electron chi connectivity index (χ1n) is 13.3. The second kappa shape index (κ2) is 14.1. The van der Waals surface area contributed by atoms with Crippen LogP contribution in [0.15, 0.2) is 114 Å². The van der Waals surface area contributed by atoms with Crippen LogP contribution in [0.3, 0.4) is 0 Å². The molecule has 3 N–H and O–H groups in total. The Balaban J connectivity index is 1.46. The van der Waals surface area contributed by atoms with E-state index in [0.717, 1.165) is 16.0 Å². The van der Waals surface area contributed by atoms with Crippen LogP contribution in [-0.4, -0.2) is 28.8 Å². The van der Waals surface area contributed by atoms with E-state index in [0.29, 0.717) is 22.5 Å². The van der Waals surface area contributed by atoms with E-state index in [-0.39, 0.29) is 17.4 Å². The lowest BCUT2D eigenvalue weighted by Gasteiger charge is -2.14. The average molecular weight is 578 g/mol. The lowest BCUT2D eigenvalue weighted by atomic mass is 10.1. The summed E-state index contributed by atoms with van der Waals surface area (Å²) in [4.78, 5) is 51.3. The highest BCUT2D eigenvalue weighted by Crippen LogP contribution is 2.27. The molecule has 1 atom stereocenters. The van der Waals surface area contributed by atoms with Crippen molar-refractivity contribution >= 4 is 52.7 Å². The molecule has 0 heterocycles. The number of nitrogens with one attached hydrogen (secondary N) is 3. The minimum Gasteiger partial charge on any atom is -0.325 e. The van der Waals surface area contributed by atoms with Crippen molar-refractivity contribution in [3.8, 4) is 0 Å². The summed E-state index contributed by atoms with van der Waals surface area (Å²) in [6.07, 6.45) is 1.64. The van der Waals surface area contributed by atoms with Crippen LogP contribution in [0.4, 0.5) is 11.4 Å². The van der Waals surface area contributed by atoms with Gasteiger partial charge in [-0.2, -0.15) is 0 Å². The Morgan fingerprint density at radius 2 is 1.45 bits per heavy atom. The maximum absolute atomic E-state index is 13.4. The predicted octanol–water partition coefficient (Wildman–Crippen LogP) is 6.73. The smallest absolute Gasteiger partial charge is 0.272 e. The van der Waals surface area contributed by atoms with Gasteiger partial charge in [-0.15, -0.1) is 11.8 Å². The van der Waals surface area contributed by atoms with Crippen molar-refractivity contribution in [1.29, 1.82) is 0 Å². The van der Waals surface area contributed by atoms with Gasteiger partial charge in [-0.05, 0) is 87.0 Å². The number of rotatable bonds is 10. The van der Waals surface area contributed by atoms with Gasteiger partial charge in [0.25, 0.3) is 11.8 Å². The summed E-state index contributed by atoms with van der Waals surface area (Å²) in [5.41, 5.74) is 4.01. The SMILES string of the molecule is CC(=O)c1ccc(NC(=O)C(C)Sc2cccc(NC(=O)/C(=C\c3cccc(C)c3)NC(=O)c3ccccc3)c2)cc1. The topological polar surface area (TPSA) is 104 Å². The fourth-order valence-electron chi connectivity index (χ4n) is 4.00. The number of hydrogen-bond donors (Lipinski definition) is 3. The van der Waals surface area contributed by atoms with E-state index >= 15 is 0 Å². The Hall–Kier alpha value is -4.95. The van der Waals surface area contributed by atoms with E-state index in [1.807, 2.05) is 43.3 Å². The molecule has 4 aromatic carbocycles. The molecule has 0 aromatic heterocycles. The number of aryl methyl sites for hydroxylation is 1. The third-order valence-corrected chi connectivity index (χ3v) is 7.31. The van der Waals surface area contributed by atoms with Crippen LogP contribution in [0.5, 0.6) is 0 Å². The molecule has 0 radical (unpaired) electrons. The molecule has 0 spiro atoms. The van der Waals surface area contributed by atoms with Crippen LogP contribution in [0.2, 0.25) is 0 Å². The number of Topliss-reactive ketones (excluding diaryl/α,β-unsaturated/α-hetero) is 1. The second-order valence-electron chi connectivity index (χ2n) is 9.66. The molecule has 0 aliphatic heterocycles. The molecule has 0 aliphatic carbocycles. The summed E-state index contributed by atoms with van der Waals surface area (Å²) in [5, 5.41) is 8.04. The van der Waals surface area contributed by atoms with Crippen molar-refractivity contribution in [3.05, 3.63) is 131 Å². The molecule has 3 amide bonds. The van der Waals surface area contributed by atoms with Gasteiger partial charge in [-0.3, -0.25) is 19.2 Å². The van der Waals surface area contributed by atoms with Gasteiger partial charge in [-0.1, -0.05) is 54.1 Å². The van der Waals surface area contributed by atoms with Crippen molar-refractivity contribution < 1.29 is 19.2 Å². The lowest BCUT2D eigenvalue weighted by molar-refractivity contribution is -0.115. The van der Waals surface area contributed by atoms with Gasteiger partial charge in [-0.25, -0.2) is 0 Å². The van der Waals surface area contributed by atoms with Crippen LogP contribution in [0.1, 0.15) is 45.7 Å². The van der Waals surface area contributed by atoms with Gasteiger partial charge in [0.15, 0.2) is 5.78 Å². The molecule has 212 valence electrons. The Labute approximate surface area is 249 Å². The first kappa shape index (κ1) is 30.0. The third kappa shape index (κ3) is 8.52. The number of carbonyl (C=O) groups is 4. The highest BCUT2D eigenvalue weighted by atomic mass is 32.2. The van der Waals surface area contributed by atoms with Crippen molar-refractivity contribution in [2.45, 2.75) is 30.9 Å². The van der Waals surface area contributed by atoms with Gasteiger partial charge in [0.2, 0.25) is 5.91 Å². The molecule has 8 heteroatoms. The molecule has 1 unspecified atom stereocenters. The van der Waals surface area contributed by atoms with E-state index in [9.17, 15) is 19.2 Å². The van der Waals surface area contributed by atoms with Gasteiger partial charge >= 0.3 is 0 Å². The van der Waals surface area contributed by atoms with Crippen molar-refractivity contribution in [2.75, 3.05) is 10.6 Å². The minimum absolute atomic E-state index is 0.0416. The van der Waals surface area contributed by atoms with Gasteiger partial charge < -0.3 is 16.0 Å². The van der Waals surface area contributed by atoms with Crippen LogP contribution in [0, 0.1) is 6.92 Å². The molecular weight excluding hydrogens is 546 g/mol. The molecule has 0 saturated carbocycles. The molecule has 0 fully saturated rings. The van der Waals surface area contributed by atoms with E-state index in [1.54, 1.807) is 79.7 Å². The fourth-order valence-corrected chi connectivity index (χ4v) is 4.93. The summed E-state index contributed by atoms with van der Waals surface area (Å²) in [6, 6.07) is 30.2. The third-order valence-electron chi connectivity index (χ3n) is 6.21. The normalized spacial score (nSPS) is 11.7. The number of thioether (sulfide) groups is 1. The molecule has 0 aliphatic rings. The molecule has 4 aromatic rings. The Morgan fingerprint density at radius 3 is 2.14 bits per heavy atom. The Bertz CT molecular complexity index is 1630.